The molecular formula is C18H26N4O3. The quantitative estimate of drug-likeness (QED) is 0.882. The third-order valence-electron chi connectivity index (χ3n) is 5.25. The average Bonchev–Trinajstić information content (AvgIpc) is 3.39. The van der Waals surface area contributed by atoms with Crippen molar-refractivity contribution in [2.75, 3.05) is 32.9 Å². The average molecular weight is 346 g/mol. The van der Waals surface area contributed by atoms with Gasteiger partial charge in [-0.15, -0.1) is 5.10 Å². The molecule has 3 heterocycles. The van der Waals surface area contributed by atoms with Crippen LogP contribution in [0.1, 0.15) is 43.7 Å². The van der Waals surface area contributed by atoms with Crippen LogP contribution in [0.15, 0.2) is 12.1 Å². The fourth-order valence-corrected chi connectivity index (χ4v) is 3.47. The van der Waals surface area contributed by atoms with Crippen LogP contribution in [0.3, 0.4) is 0 Å². The van der Waals surface area contributed by atoms with Crippen LogP contribution in [0.5, 0.6) is 5.88 Å². The van der Waals surface area contributed by atoms with Crippen LogP contribution in [0.25, 0.3) is 0 Å². The van der Waals surface area contributed by atoms with Crippen LogP contribution in [-0.2, 0) is 4.74 Å². The molecule has 2 amide bonds. The van der Waals surface area contributed by atoms with Gasteiger partial charge < -0.3 is 19.7 Å². The van der Waals surface area contributed by atoms with Crippen molar-refractivity contribution in [1.29, 1.82) is 0 Å². The summed E-state index contributed by atoms with van der Waals surface area (Å²) in [7, 11) is 0. The second kappa shape index (κ2) is 7.56. The van der Waals surface area contributed by atoms with Gasteiger partial charge in [0.05, 0.1) is 12.3 Å². The predicted molar refractivity (Wildman–Crippen MR) is 91.6 cm³/mol. The molecule has 0 spiro atoms. The third-order valence-corrected chi connectivity index (χ3v) is 5.25. The number of amides is 2. The zero-order valence-electron chi connectivity index (χ0n) is 14.5. The predicted octanol–water partition coefficient (Wildman–Crippen LogP) is 1.94. The van der Waals surface area contributed by atoms with E-state index in [1.54, 1.807) is 0 Å². The lowest BCUT2D eigenvalue weighted by Crippen LogP contribution is -2.46. The molecule has 1 saturated carbocycles. The Hall–Kier alpha value is -1.89. The Morgan fingerprint density at radius 2 is 2.04 bits per heavy atom. The Bertz CT molecular complexity index is 584. The van der Waals surface area contributed by atoms with Crippen LogP contribution in [0.2, 0.25) is 0 Å². The van der Waals surface area contributed by atoms with E-state index in [1.807, 2.05) is 17.0 Å². The highest BCUT2D eigenvalue weighted by atomic mass is 16.5. The Labute approximate surface area is 148 Å². The van der Waals surface area contributed by atoms with Crippen molar-refractivity contribution in [3.8, 4) is 5.88 Å². The maximum absolute atomic E-state index is 12.4. The van der Waals surface area contributed by atoms with Gasteiger partial charge in [0.25, 0.3) is 0 Å². The molecular weight excluding hydrogens is 320 g/mol. The van der Waals surface area contributed by atoms with Gasteiger partial charge in [-0.1, -0.05) is 0 Å². The maximum atomic E-state index is 12.4. The lowest BCUT2D eigenvalue weighted by Gasteiger charge is -2.26. The first-order chi connectivity index (χ1) is 12.3. The van der Waals surface area contributed by atoms with Gasteiger partial charge in [0.15, 0.2) is 0 Å². The summed E-state index contributed by atoms with van der Waals surface area (Å²) in [5.41, 5.74) is 1.07. The van der Waals surface area contributed by atoms with E-state index in [4.69, 9.17) is 9.47 Å². The third kappa shape index (κ3) is 4.39. The van der Waals surface area contributed by atoms with Gasteiger partial charge in [-0.3, -0.25) is 0 Å². The summed E-state index contributed by atoms with van der Waals surface area (Å²) in [4.78, 5) is 14.2. The Balaban J connectivity index is 1.20. The molecule has 1 aliphatic carbocycles. The van der Waals surface area contributed by atoms with E-state index < -0.39 is 0 Å². The van der Waals surface area contributed by atoms with Crippen molar-refractivity contribution in [2.45, 2.75) is 44.1 Å². The Morgan fingerprint density at radius 3 is 2.76 bits per heavy atom. The number of ether oxygens (including phenoxy) is 2. The zero-order chi connectivity index (χ0) is 17.1. The Kier molecular flexibility index (Phi) is 5.01. The molecule has 1 aromatic rings. The summed E-state index contributed by atoms with van der Waals surface area (Å²) in [5.74, 6) is 1.54. The van der Waals surface area contributed by atoms with E-state index >= 15 is 0 Å². The molecule has 2 saturated heterocycles. The number of nitrogens with zero attached hydrogens (tertiary/aromatic N) is 3. The molecule has 3 aliphatic rings. The number of carbonyl (C=O) groups is 1. The molecule has 0 aromatic carbocycles. The van der Waals surface area contributed by atoms with Crippen LogP contribution in [-0.4, -0.2) is 60.1 Å². The highest BCUT2D eigenvalue weighted by Gasteiger charge is 2.29. The molecule has 1 unspecified atom stereocenters. The molecule has 0 radical (unpaired) electrons. The molecule has 2 aliphatic heterocycles. The van der Waals surface area contributed by atoms with Crippen molar-refractivity contribution in [1.82, 2.24) is 20.4 Å². The van der Waals surface area contributed by atoms with Gasteiger partial charge in [-0.2, -0.15) is 5.10 Å². The summed E-state index contributed by atoms with van der Waals surface area (Å²) in [6.45, 7) is 3.58. The van der Waals surface area contributed by atoms with Crippen LogP contribution >= 0.6 is 0 Å². The van der Waals surface area contributed by atoms with Crippen LogP contribution in [0, 0.1) is 5.92 Å². The molecule has 4 rings (SSSR count). The van der Waals surface area contributed by atoms with Crippen molar-refractivity contribution in [2.24, 2.45) is 5.92 Å². The highest BCUT2D eigenvalue weighted by molar-refractivity contribution is 5.74. The summed E-state index contributed by atoms with van der Waals surface area (Å²) < 4.78 is 11.1. The first kappa shape index (κ1) is 16.6. The van der Waals surface area contributed by atoms with E-state index in [0.29, 0.717) is 24.3 Å². The number of urea groups is 1. The second-order valence-electron chi connectivity index (χ2n) is 7.32. The van der Waals surface area contributed by atoms with Gasteiger partial charge in [-0.25, -0.2) is 4.79 Å². The van der Waals surface area contributed by atoms with Gasteiger partial charge >= 0.3 is 6.03 Å². The summed E-state index contributed by atoms with van der Waals surface area (Å²) in [6, 6.07) is 4.22. The van der Waals surface area contributed by atoms with Crippen molar-refractivity contribution in [3.63, 3.8) is 0 Å². The SMILES string of the molecule is O=C(NC1CCOCC1)N1CCC(COc2ccc(C3CC3)nn2)C1. The lowest BCUT2D eigenvalue weighted by atomic mass is 10.1. The molecule has 7 nitrogen and oxygen atoms in total. The molecule has 136 valence electrons. The number of aromatic nitrogens is 2. The van der Waals surface area contributed by atoms with Gasteiger partial charge in [-0.05, 0) is 38.2 Å². The summed E-state index contributed by atoms with van der Waals surface area (Å²) >= 11 is 0. The second-order valence-corrected chi connectivity index (χ2v) is 7.32. The van der Waals surface area contributed by atoms with E-state index in [1.165, 1.54) is 12.8 Å². The fraction of sp³-hybridized carbons (Fsp3) is 0.722. The molecule has 1 atom stereocenters. The number of hydrogen-bond donors (Lipinski definition) is 1. The fourth-order valence-electron chi connectivity index (χ4n) is 3.47. The van der Waals surface area contributed by atoms with Crippen LogP contribution < -0.4 is 10.1 Å². The van der Waals surface area contributed by atoms with E-state index in [-0.39, 0.29) is 12.1 Å². The van der Waals surface area contributed by atoms with Gasteiger partial charge in [0.2, 0.25) is 5.88 Å². The smallest absolute Gasteiger partial charge is 0.317 e. The van der Waals surface area contributed by atoms with Crippen molar-refractivity contribution < 1.29 is 14.3 Å². The number of hydrogen-bond acceptors (Lipinski definition) is 5. The first-order valence-electron chi connectivity index (χ1n) is 9.37. The van der Waals surface area contributed by atoms with E-state index in [2.05, 4.69) is 15.5 Å². The first-order valence-corrected chi connectivity index (χ1v) is 9.37. The standard InChI is InChI=1S/C18H26N4O3/c23-18(19-15-6-9-24-10-7-15)22-8-5-13(11-22)12-25-17-4-3-16(20-21-17)14-1-2-14/h3-4,13-15H,1-2,5-12H2,(H,19,23). The zero-order valence-corrected chi connectivity index (χ0v) is 14.5. The van der Waals surface area contributed by atoms with E-state index in [0.717, 1.165) is 51.3 Å². The minimum Gasteiger partial charge on any atom is -0.476 e. The lowest BCUT2D eigenvalue weighted by molar-refractivity contribution is 0.0784. The summed E-state index contributed by atoms with van der Waals surface area (Å²) in [5, 5.41) is 11.5. The monoisotopic (exact) mass is 346 g/mol. The molecule has 0 bridgehead atoms. The van der Waals surface area contributed by atoms with Gasteiger partial charge in [0, 0.05) is 50.2 Å². The number of rotatable bonds is 5. The van der Waals surface area contributed by atoms with E-state index in [9.17, 15) is 4.79 Å². The minimum atomic E-state index is 0.0444. The van der Waals surface area contributed by atoms with Crippen LogP contribution in [0.4, 0.5) is 4.79 Å². The molecule has 1 N–H and O–H groups in total. The molecule has 7 heteroatoms. The minimum absolute atomic E-state index is 0.0444. The Morgan fingerprint density at radius 1 is 1.20 bits per heavy atom. The normalized spacial score (nSPS) is 24.3. The topological polar surface area (TPSA) is 76.6 Å². The number of nitrogens with one attached hydrogen (secondary N) is 1. The number of carbonyl (C=O) groups excluding carboxylic acids is 1. The van der Waals surface area contributed by atoms with Crippen molar-refractivity contribution in [3.05, 3.63) is 17.8 Å². The van der Waals surface area contributed by atoms with Gasteiger partial charge in [0.1, 0.15) is 0 Å². The molecule has 1 aromatic heterocycles. The summed E-state index contributed by atoms with van der Waals surface area (Å²) in [6.07, 6.45) is 5.23. The maximum Gasteiger partial charge on any atom is 0.317 e. The molecule has 25 heavy (non-hydrogen) atoms. The highest BCUT2D eigenvalue weighted by Crippen LogP contribution is 2.38. The van der Waals surface area contributed by atoms with Crippen molar-refractivity contribution >= 4 is 6.03 Å². The molecule has 3 fully saturated rings. The number of likely N-dealkylation sites (tertiary alicyclic amines) is 1. The largest absolute Gasteiger partial charge is 0.476 e.